The largest absolute Gasteiger partial charge is 0.496 e. The van der Waals surface area contributed by atoms with E-state index in [1.54, 1.807) is 7.11 Å². The standard InChI is InChI=1S/C14H19NO4/c1-16-10-3-4-11-14(19-7-2-6-17-11)13(10)12-9-15-5-8-18-12/h3-4,12,15H,2,5-9H2,1H3. The van der Waals surface area contributed by atoms with Crippen LogP contribution in [0.1, 0.15) is 18.1 Å². The summed E-state index contributed by atoms with van der Waals surface area (Å²) in [5, 5.41) is 3.33. The van der Waals surface area contributed by atoms with Crippen molar-refractivity contribution in [3.8, 4) is 17.2 Å². The molecule has 1 fully saturated rings. The average Bonchev–Trinajstić information content (AvgIpc) is 2.72. The molecule has 2 heterocycles. The summed E-state index contributed by atoms with van der Waals surface area (Å²) in [6.45, 7) is 3.68. The Bertz CT molecular complexity index is 443. The molecule has 1 N–H and O–H groups in total. The van der Waals surface area contributed by atoms with Crippen molar-refractivity contribution in [3.63, 3.8) is 0 Å². The van der Waals surface area contributed by atoms with Gasteiger partial charge in [0.2, 0.25) is 0 Å². The molecule has 0 saturated carbocycles. The Morgan fingerprint density at radius 2 is 2.11 bits per heavy atom. The molecule has 104 valence electrons. The summed E-state index contributed by atoms with van der Waals surface area (Å²) in [5.74, 6) is 2.34. The molecular formula is C14H19NO4. The maximum atomic E-state index is 5.86. The number of hydrogen-bond acceptors (Lipinski definition) is 5. The predicted molar refractivity (Wildman–Crippen MR) is 70.2 cm³/mol. The van der Waals surface area contributed by atoms with Crippen LogP contribution in [0.15, 0.2) is 12.1 Å². The number of nitrogens with one attached hydrogen (secondary N) is 1. The molecule has 0 aromatic heterocycles. The Labute approximate surface area is 112 Å². The zero-order valence-electron chi connectivity index (χ0n) is 11.1. The number of rotatable bonds is 2. The van der Waals surface area contributed by atoms with Crippen molar-refractivity contribution >= 4 is 0 Å². The summed E-state index contributed by atoms with van der Waals surface area (Å²) in [7, 11) is 1.67. The van der Waals surface area contributed by atoms with Crippen LogP contribution in [-0.2, 0) is 4.74 Å². The number of benzene rings is 1. The van der Waals surface area contributed by atoms with Gasteiger partial charge >= 0.3 is 0 Å². The lowest BCUT2D eigenvalue weighted by Gasteiger charge is -2.27. The Balaban J connectivity index is 2.02. The first-order chi connectivity index (χ1) is 9.40. The summed E-state index contributed by atoms with van der Waals surface area (Å²) < 4.78 is 22.9. The smallest absolute Gasteiger partial charge is 0.170 e. The van der Waals surface area contributed by atoms with E-state index in [4.69, 9.17) is 18.9 Å². The van der Waals surface area contributed by atoms with Crippen LogP contribution in [0.25, 0.3) is 0 Å². The lowest BCUT2D eigenvalue weighted by molar-refractivity contribution is 0.0244. The van der Waals surface area contributed by atoms with Crippen LogP contribution in [0.4, 0.5) is 0 Å². The van der Waals surface area contributed by atoms with Gasteiger partial charge in [0.1, 0.15) is 11.9 Å². The fourth-order valence-corrected chi connectivity index (χ4v) is 2.47. The molecule has 1 aromatic rings. The molecule has 1 atom stereocenters. The molecule has 0 aliphatic carbocycles. The van der Waals surface area contributed by atoms with Crippen LogP contribution in [0.2, 0.25) is 0 Å². The van der Waals surface area contributed by atoms with Gasteiger partial charge < -0.3 is 24.3 Å². The summed E-state index contributed by atoms with van der Waals surface area (Å²) in [6, 6.07) is 3.82. The van der Waals surface area contributed by atoms with E-state index in [0.717, 1.165) is 42.3 Å². The molecule has 0 bridgehead atoms. The van der Waals surface area contributed by atoms with Gasteiger partial charge in [-0.15, -0.1) is 0 Å². The normalized spacial score (nSPS) is 22.7. The van der Waals surface area contributed by atoms with Crippen molar-refractivity contribution in [1.82, 2.24) is 5.32 Å². The minimum Gasteiger partial charge on any atom is -0.496 e. The average molecular weight is 265 g/mol. The first-order valence-electron chi connectivity index (χ1n) is 6.69. The lowest BCUT2D eigenvalue weighted by Crippen LogP contribution is -2.33. The van der Waals surface area contributed by atoms with Crippen molar-refractivity contribution in [2.75, 3.05) is 40.0 Å². The van der Waals surface area contributed by atoms with Gasteiger partial charge in [-0.3, -0.25) is 0 Å². The molecule has 1 saturated heterocycles. The molecular weight excluding hydrogens is 246 g/mol. The van der Waals surface area contributed by atoms with E-state index in [1.165, 1.54) is 0 Å². The van der Waals surface area contributed by atoms with E-state index in [-0.39, 0.29) is 6.10 Å². The molecule has 5 nitrogen and oxygen atoms in total. The number of hydrogen-bond donors (Lipinski definition) is 1. The lowest BCUT2D eigenvalue weighted by atomic mass is 10.0. The quantitative estimate of drug-likeness (QED) is 0.878. The van der Waals surface area contributed by atoms with Crippen molar-refractivity contribution < 1.29 is 18.9 Å². The highest BCUT2D eigenvalue weighted by Crippen LogP contribution is 2.43. The first-order valence-corrected chi connectivity index (χ1v) is 6.69. The maximum absolute atomic E-state index is 5.86. The molecule has 19 heavy (non-hydrogen) atoms. The summed E-state index contributed by atoms with van der Waals surface area (Å²) in [4.78, 5) is 0. The second-order valence-electron chi connectivity index (χ2n) is 4.62. The Kier molecular flexibility index (Phi) is 3.75. The molecule has 1 aromatic carbocycles. The van der Waals surface area contributed by atoms with E-state index in [0.29, 0.717) is 19.8 Å². The van der Waals surface area contributed by atoms with Crippen LogP contribution in [0.3, 0.4) is 0 Å². The topological polar surface area (TPSA) is 49.0 Å². The van der Waals surface area contributed by atoms with E-state index >= 15 is 0 Å². The van der Waals surface area contributed by atoms with E-state index in [2.05, 4.69) is 5.32 Å². The third-order valence-electron chi connectivity index (χ3n) is 3.38. The fourth-order valence-electron chi connectivity index (χ4n) is 2.47. The van der Waals surface area contributed by atoms with Crippen molar-refractivity contribution in [3.05, 3.63) is 17.7 Å². The number of morpholine rings is 1. The second kappa shape index (κ2) is 5.67. The molecule has 3 rings (SSSR count). The van der Waals surface area contributed by atoms with Gasteiger partial charge in [-0.1, -0.05) is 0 Å². The molecule has 2 aliphatic heterocycles. The van der Waals surface area contributed by atoms with E-state index < -0.39 is 0 Å². The first kappa shape index (κ1) is 12.6. The highest BCUT2D eigenvalue weighted by Gasteiger charge is 2.27. The highest BCUT2D eigenvalue weighted by molar-refractivity contribution is 5.55. The molecule has 0 spiro atoms. The Morgan fingerprint density at radius 3 is 2.89 bits per heavy atom. The van der Waals surface area contributed by atoms with E-state index in [1.807, 2.05) is 12.1 Å². The molecule has 0 amide bonds. The minimum atomic E-state index is -0.0552. The van der Waals surface area contributed by atoms with Crippen molar-refractivity contribution in [1.29, 1.82) is 0 Å². The number of ether oxygens (including phenoxy) is 4. The minimum absolute atomic E-state index is 0.0552. The van der Waals surface area contributed by atoms with Gasteiger partial charge in [-0.2, -0.15) is 0 Å². The van der Waals surface area contributed by atoms with Crippen molar-refractivity contribution in [2.45, 2.75) is 12.5 Å². The Hall–Kier alpha value is -1.46. The molecule has 2 aliphatic rings. The van der Waals surface area contributed by atoms with Crippen LogP contribution >= 0.6 is 0 Å². The monoisotopic (exact) mass is 265 g/mol. The van der Waals surface area contributed by atoms with Gasteiger partial charge in [0.05, 0.1) is 32.5 Å². The predicted octanol–water partition coefficient (Wildman–Crippen LogP) is 1.52. The maximum Gasteiger partial charge on any atom is 0.170 e. The molecule has 0 radical (unpaired) electrons. The van der Waals surface area contributed by atoms with Gasteiger partial charge in [0.25, 0.3) is 0 Å². The summed E-state index contributed by atoms with van der Waals surface area (Å²) in [6.07, 6.45) is 0.834. The zero-order valence-corrected chi connectivity index (χ0v) is 11.1. The highest BCUT2D eigenvalue weighted by atomic mass is 16.5. The van der Waals surface area contributed by atoms with Gasteiger partial charge in [0.15, 0.2) is 11.5 Å². The van der Waals surface area contributed by atoms with Crippen LogP contribution < -0.4 is 19.5 Å². The summed E-state index contributed by atoms with van der Waals surface area (Å²) in [5.41, 5.74) is 0.953. The Morgan fingerprint density at radius 1 is 1.21 bits per heavy atom. The van der Waals surface area contributed by atoms with Gasteiger partial charge in [0, 0.05) is 19.5 Å². The zero-order chi connectivity index (χ0) is 13.1. The third kappa shape index (κ3) is 2.48. The second-order valence-corrected chi connectivity index (χ2v) is 4.62. The number of methoxy groups -OCH3 is 1. The van der Waals surface area contributed by atoms with Crippen LogP contribution in [0, 0.1) is 0 Å². The van der Waals surface area contributed by atoms with Gasteiger partial charge in [-0.25, -0.2) is 0 Å². The van der Waals surface area contributed by atoms with E-state index in [9.17, 15) is 0 Å². The van der Waals surface area contributed by atoms with Gasteiger partial charge in [-0.05, 0) is 12.1 Å². The molecule has 1 unspecified atom stereocenters. The van der Waals surface area contributed by atoms with Crippen LogP contribution in [0.5, 0.6) is 17.2 Å². The van der Waals surface area contributed by atoms with Crippen molar-refractivity contribution in [2.24, 2.45) is 0 Å². The SMILES string of the molecule is COc1ccc2c(c1C1CNCCO1)OCCCO2. The third-order valence-corrected chi connectivity index (χ3v) is 3.38. The van der Waals surface area contributed by atoms with Crippen LogP contribution in [-0.4, -0.2) is 40.0 Å². The fraction of sp³-hybridized carbons (Fsp3) is 0.571. The molecule has 5 heteroatoms. The number of fused-ring (bicyclic) bond motifs is 1. The summed E-state index contributed by atoms with van der Waals surface area (Å²) >= 11 is 0.